The molecule has 1 radical (unpaired) electrons. The van der Waals surface area contributed by atoms with Gasteiger partial charge in [0.15, 0.2) is 5.78 Å². The fraction of sp³-hybridized carbons (Fsp3) is 0.152. The van der Waals surface area contributed by atoms with Crippen LogP contribution in [0.5, 0.6) is 0 Å². The number of hydrogen-bond acceptors (Lipinski definition) is 4. The number of nitrogens with zero attached hydrogens (tertiary/aromatic N) is 1. The number of rotatable bonds is 4. The zero-order chi connectivity index (χ0) is 26.5. The van der Waals surface area contributed by atoms with Crippen molar-refractivity contribution in [3.05, 3.63) is 113 Å². The van der Waals surface area contributed by atoms with Crippen molar-refractivity contribution in [1.29, 1.82) is 0 Å². The molecule has 0 atom stereocenters. The van der Waals surface area contributed by atoms with Crippen molar-refractivity contribution in [2.24, 2.45) is 0 Å². The summed E-state index contributed by atoms with van der Waals surface area (Å²) in [5.41, 5.74) is 10.7. The summed E-state index contributed by atoms with van der Waals surface area (Å²) in [5, 5.41) is 8.36. The van der Waals surface area contributed by atoms with E-state index >= 15 is 0 Å². The van der Waals surface area contributed by atoms with Gasteiger partial charge >= 0.3 is 0 Å². The van der Waals surface area contributed by atoms with Crippen molar-refractivity contribution in [3.63, 3.8) is 0 Å². The Balaban J connectivity index is 0.000000444. The quantitative estimate of drug-likeness (QED) is 0.116. The fourth-order valence-corrected chi connectivity index (χ4v) is 5.66. The SMILES string of the molecule is CC(=O)/C=C(/C)O.Cc1cc(C)c(-c2cc3nc(-c4[c-]ccc(-c5ccccc5)c4)ccc3s2)c(C)c1.[Ir]. The Morgan fingerprint density at radius 3 is 2.18 bits per heavy atom. The Morgan fingerprint density at radius 1 is 0.895 bits per heavy atom. The molecule has 0 spiro atoms. The first-order chi connectivity index (χ1) is 17.7. The van der Waals surface area contributed by atoms with Gasteiger partial charge in [-0.25, -0.2) is 0 Å². The number of ketones is 1. The number of carbonyl (C=O) groups is 1. The third-order valence-electron chi connectivity index (χ3n) is 5.89. The van der Waals surface area contributed by atoms with Crippen molar-refractivity contribution >= 4 is 27.3 Å². The van der Waals surface area contributed by atoms with Crippen LogP contribution in [0, 0.1) is 26.8 Å². The summed E-state index contributed by atoms with van der Waals surface area (Å²) in [4.78, 5) is 16.3. The van der Waals surface area contributed by atoms with Gasteiger partial charge in [0.05, 0.1) is 16.0 Å². The maximum absolute atomic E-state index is 10.0. The molecule has 2 heterocycles. The molecule has 0 fully saturated rings. The van der Waals surface area contributed by atoms with E-state index in [4.69, 9.17) is 10.1 Å². The summed E-state index contributed by atoms with van der Waals surface area (Å²) in [6.45, 7) is 9.40. The van der Waals surface area contributed by atoms with Gasteiger partial charge in [0.1, 0.15) is 0 Å². The van der Waals surface area contributed by atoms with Gasteiger partial charge < -0.3 is 5.11 Å². The molecule has 2 aromatic heterocycles. The molecule has 38 heavy (non-hydrogen) atoms. The average molecular weight is 697 g/mol. The second-order valence-corrected chi connectivity index (χ2v) is 10.3. The smallest absolute Gasteiger partial charge is 0.155 e. The fourth-order valence-electron chi connectivity index (χ4n) is 4.48. The Morgan fingerprint density at radius 2 is 1.58 bits per heavy atom. The number of allylic oxidation sites excluding steroid dienone is 2. The van der Waals surface area contributed by atoms with E-state index in [1.54, 1.807) is 0 Å². The van der Waals surface area contributed by atoms with Crippen LogP contribution in [0.15, 0.2) is 90.7 Å². The van der Waals surface area contributed by atoms with Crippen LogP contribution in [0.25, 0.3) is 43.0 Å². The summed E-state index contributed by atoms with van der Waals surface area (Å²) >= 11 is 1.82. The predicted molar refractivity (Wildman–Crippen MR) is 156 cm³/mol. The van der Waals surface area contributed by atoms with Gasteiger partial charge in [0, 0.05) is 31.1 Å². The standard InChI is InChI=1S/C28H22NS.C5H8O2.Ir/c1-18-14-19(2)28(20(3)15-18)27-17-25-26(30-27)13-12-24(29-25)23-11-7-10-22(16-23)21-8-5-4-6-9-21;1-4(6)3-5(2)7;/h4-10,12-17H,1-3H3;3,6H,1-2H3;/q-1;;/b;4-3-;. The molecule has 0 amide bonds. The third-order valence-corrected chi connectivity index (χ3v) is 7.00. The van der Waals surface area contributed by atoms with Crippen LogP contribution >= 0.6 is 11.3 Å². The van der Waals surface area contributed by atoms with Gasteiger partial charge in [-0.2, -0.15) is 0 Å². The molecule has 0 bridgehead atoms. The molecule has 5 rings (SSSR count). The van der Waals surface area contributed by atoms with Crippen LogP contribution in [-0.2, 0) is 24.9 Å². The van der Waals surface area contributed by atoms with E-state index in [1.807, 2.05) is 23.5 Å². The van der Waals surface area contributed by atoms with Gasteiger partial charge in [-0.15, -0.1) is 46.7 Å². The van der Waals surface area contributed by atoms with Crippen LogP contribution in [0.4, 0.5) is 0 Å². The monoisotopic (exact) mass is 697 g/mol. The molecule has 5 aromatic rings. The second-order valence-electron chi connectivity index (χ2n) is 9.22. The number of hydrogen-bond donors (Lipinski definition) is 1. The van der Waals surface area contributed by atoms with Gasteiger partial charge in [0.25, 0.3) is 0 Å². The zero-order valence-electron chi connectivity index (χ0n) is 22.1. The number of pyridine rings is 1. The normalized spacial score (nSPS) is 10.9. The van der Waals surface area contributed by atoms with E-state index in [0.717, 1.165) is 16.8 Å². The molecular formula is C33H30IrNO2S-. The summed E-state index contributed by atoms with van der Waals surface area (Å²) in [6, 6.07) is 31.1. The van der Waals surface area contributed by atoms with Gasteiger partial charge in [0.2, 0.25) is 0 Å². The number of fused-ring (bicyclic) bond motifs is 1. The average Bonchev–Trinajstić information content (AvgIpc) is 3.26. The van der Waals surface area contributed by atoms with Crippen LogP contribution in [0.2, 0.25) is 0 Å². The summed E-state index contributed by atoms with van der Waals surface area (Å²) < 4.78 is 1.22. The molecule has 0 unspecified atom stereocenters. The topological polar surface area (TPSA) is 50.2 Å². The molecule has 0 aliphatic heterocycles. The summed E-state index contributed by atoms with van der Waals surface area (Å²) in [5.74, 6) is -0.0625. The molecule has 195 valence electrons. The van der Waals surface area contributed by atoms with Crippen LogP contribution in [-0.4, -0.2) is 15.9 Å². The number of aryl methyl sites for hydroxylation is 3. The van der Waals surface area contributed by atoms with E-state index < -0.39 is 0 Å². The maximum Gasteiger partial charge on any atom is 0.155 e. The molecule has 0 aliphatic carbocycles. The minimum Gasteiger partial charge on any atom is -0.512 e. The Labute approximate surface area is 242 Å². The molecule has 1 N–H and O–H groups in total. The summed E-state index contributed by atoms with van der Waals surface area (Å²) in [7, 11) is 0. The van der Waals surface area contributed by atoms with Crippen LogP contribution in [0.1, 0.15) is 30.5 Å². The van der Waals surface area contributed by atoms with Crippen molar-refractivity contribution in [3.8, 4) is 32.8 Å². The van der Waals surface area contributed by atoms with Crippen molar-refractivity contribution in [2.75, 3.05) is 0 Å². The Kier molecular flexibility index (Phi) is 9.93. The largest absolute Gasteiger partial charge is 0.512 e. The molecule has 3 nitrogen and oxygen atoms in total. The second kappa shape index (κ2) is 12.9. The van der Waals surface area contributed by atoms with Crippen molar-refractivity contribution in [1.82, 2.24) is 4.98 Å². The zero-order valence-corrected chi connectivity index (χ0v) is 25.3. The minimum atomic E-state index is -0.125. The van der Waals surface area contributed by atoms with Gasteiger partial charge in [-0.1, -0.05) is 54.1 Å². The first kappa shape index (κ1) is 29.2. The number of aromatic nitrogens is 1. The Hall–Kier alpha value is -3.37. The predicted octanol–water partition coefficient (Wildman–Crippen LogP) is 9.06. The van der Waals surface area contributed by atoms with Gasteiger partial charge in [-0.05, 0) is 74.7 Å². The van der Waals surface area contributed by atoms with E-state index in [1.165, 1.54) is 62.9 Å². The van der Waals surface area contributed by atoms with Crippen LogP contribution < -0.4 is 0 Å². The van der Waals surface area contributed by atoms with E-state index in [9.17, 15) is 4.79 Å². The minimum absolute atomic E-state index is 0. The van der Waals surface area contributed by atoms with E-state index in [2.05, 4.69) is 93.6 Å². The molecule has 0 saturated carbocycles. The van der Waals surface area contributed by atoms with Crippen molar-refractivity contribution < 1.29 is 30.0 Å². The molecule has 3 aromatic carbocycles. The number of benzene rings is 3. The Bertz CT molecular complexity index is 1580. The van der Waals surface area contributed by atoms with Gasteiger partial charge in [-0.3, -0.25) is 9.78 Å². The van der Waals surface area contributed by atoms with Crippen molar-refractivity contribution in [2.45, 2.75) is 34.6 Å². The third kappa shape index (κ3) is 7.14. The number of aliphatic hydroxyl groups excluding tert-OH is 1. The first-order valence-corrected chi connectivity index (χ1v) is 13.0. The van der Waals surface area contributed by atoms with Crippen LogP contribution in [0.3, 0.4) is 0 Å². The molecule has 0 aliphatic rings. The van der Waals surface area contributed by atoms with E-state index in [0.29, 0.717) is 0 Å². The van der Waals surface area contributed by atoms with E-state index in [-0.39, 0.29) is 31.6 Å². The molecule has 0 saturated heterocycles. The number of aliphatic hydroxyl groups is 1. The number of thiophene rings is 1. The first-order valence-electron chi connectivity index (χ1n) is 12.2. The maximum atomic E-state index is 10.0. The number of carbonyl (C=O) groups excluding carboxylic acids is 1. The molecule has 5 heteroatoms. The summed E-state index contributed by atoms with van der Waals surface area (Å²) in [6.07, 6.45) is 1.17. The molecular weight excluding hydrogens is 667 g/mol.